The molecule has 1 atom stereocenters. The lowest BCUT2D eigenvalue weighted by molar-refractivity contribution is -0.132. The van der Waals surface area contributed by atoms with Gasteiger partial charge in [0.05, 0.1) is 4.90 Å². The third-order valence-corrected chi connectivity index (χ3v) is 8.13. The lowest BCUT2D eigenvalue weighted by atomic mass is 9.92. The number of nitriles is 2. The Morgan fingerprint density at radius 3 is 2.26 bits per heavy atom. The average molecular weight is 494 g/mol. The molecule has 4 rings (SSSR count). The van der Waals surface area contributed by atoms with E-state index in [1.807, 2.05) is 24.3 Å². The van der Waals surface area contributed by atoms with Crippen LogP contribution in [0.15, 0.2) is 53.4 Å². The Labute approximate surface area is 205 Å². The van der Waals surface area contributed by atoms with Gasteiger partial charge in [0.2, 0.25) is 15.6 Å². The van der Waals surface area contributed by atoms with E-state index in [4.69, 9.17) is 4.74 Å². The molecule has 10 heteroatoms. The van der Waals surface area contributed by atoms with E-state index in [9.17, 15) is 23.7 Å². The van der Waals surface area contributed by atoms with Crippen LogP contribution in [0.3, 0.4) is 0 Å². The Balaban J connectivity index is 1.45. The molecule has 182 valence electrons. The zero-order valence-electron chi connectivity index (χ0n) is 19.2. The van der Waals surface area contributed by atoms with Crippen molar-refractivity contribution in [1.82, 2.24) is 14.9 Å². The lowest BCUT2D eigenvalue weighted by Crippen LogP contribution is -2.53. The number of carbonyl (C=O) groups excluding carboxylic acids is 1. The number of nitrogens with one attached hydrogen (secondary N) is 2. The highest BCUT2D eigenvalue weighted by Gasteiger charge is 2.35. The van der Waals surface area contributed by atoms with Crippen LogP contribution in [0.5, 0.6) is 0 Å². The number of amides is 1. The summed E-state index contributed by atoms with van der Waals surface area (Å²) in [5.41, 5.74) is 0.690. The first-order chi connectivity index (χ1) is 16.9. The molecule has 0 aliphatic carbocycles. The fourth-order valence-electron chi connectivity index (χ4n) is 4.00. The first kappa shape index (κ1) is 24.8. The maximum absolute atomic E-state index is 12.7. The second kappa shape index (κ2) is 10.5. The van der Waals surface area contributed by atoms with E-state index in [-0.39, 0.29) is 11.3 Å². The van der Waals surface area contributed by atoms with Crippen LogP contribution in [-0.2, 0) is 26.0 Å². The van der Waals surface area contributed by atoms with Crippen molar-refractivity contribution in [2.75, 3.05) is 32.8 Å². The molecule has 0 radical (unpaired) electrons. The van der Waals surface area contributed by atoms with Crippen LogP contribution in [0.2, 0.25) is 0 Å². The third-order valence-electron chi connectivity index (χ3n) is 6.22. The molecule has 0 unspecified atom stereocenters. The molecule has 2 N–H and O–H groups in total. The highest BCUT2D eigenvalue weighted by Crippen LogP contribution is 2.26. The molecule has 1 amide bonds. The number of benzene rings is 2. The summed E-state index contributed by atoms with van der Waals surface area (Å²) in [5, 5.41) is 25.1. The number of sulfonamides is 1. The van der Waals surface area contributed by atoms with Gasteiger partial charge in [-0.3, -0.25) is 4.79 Å². The standard InChI is InChI=1S/C25H27N5O4S/c26-17-25(18-27,29-24(31)23-16-28-11-1-14-34-23)15-19-3-5-20(6-4-19)21-7-9-22(10-8-21)35(32,33)30-12-2-13-30/h3-10,23,28H,1-2,11-16H2,(H,29,31)/t23-/m0/s1. The predicted octanol–water partition coefficient (Wildman–Crippen LogP) is 1.57. The van der Waals surface area contributed by atoms with Crippen molar-refractivity contribution >= 4 is 15.9 Å². The molecule has 2 saturated heterocycles. The van der Waals surface area contributed by atoms with Crippen LogP contribution >= 0.6 is 0 Å². The normalized spacial score (nSPS) is 19.0. The number of hydrogen-bond donors (Lipinski definition) is 2. The van der Waals surface area contributed by atoms with E-state index in [1.54, 1.807) is 36.4 Å². The average Bonchev–Trinajstić information content (AvgIpc) is 3.13. The number of ether oxygens (including phenoxy) is 1. The largest absolute Gasteiger partial charge is 0.367 e. The van der Waals surface area contributed by atoms with Gasteiger partial charge in [-0.2, -0.15) is 14.8 Å². The van der Waals surface area contributed by atoms with Crippen molar-refractivity contribution in [2.45, 2.75) is 35.8 Å². The second-order valence-corrected chi connectivity index (χ2v) is 10.6. The SMILES string of the molecule is N#CC(C#N)(Cc1ccc(-c2ccc(S(=O)(=O)N3CCC3)cc2)cc1)NC(=O)[C@@H]1CNCCCO1. The number of nitrogens with zero attached hydrogens (tertiary/aromatic N) is 3. The minimum atomic E-state index is -3.43. The quantitative estimate of drug-likeness (QED) is 0.598. The zero-order chi connectivity index (χ0) is 24.9. The van der Waals surface area contributed by atoms with Crippen LogP contribution < -0.4 is 10.6 Å². The summed E-state index contributed by atoms with van der Waals surface area (Å²) in [6, 6.07) is 17.9. The summed E-state index contributed by atoms with van der Waals surface area (Å²) in [6.07, 6.45) is 0.931. The maximum Gasteiger partial charge on any atom is 0.252 e. The van der Waals surface area contributed by atoms with Crippen molar-refractivity contribution < 1.29 is 17.9 Å². The van der Waals surface area contributed by atoms with Crippen LogP contribution in [0, 0.1) is 22.7 Å². The number of carbonyl (C=O) groups is 1. The van der Waals surface area contributed by atoms with Crippen LogP contribution in [0.25, 0.3) is 11.1 Å². The molecule has 2 aliphatic rings. The van der Waals surface area contributed by atoms with Gasteiger partial charge in [0.25, 0.3) is 5.91 Å². The van der Waals surface area contributed by atoms with Gasteiger partial charge in [-0.1, -0.05) is 36.4 Å². The van der Waals surface area contributed by atoms with E-state index < -0.39 is 27.6 Å². The summed E-state index contributed by atoms with van der Waals surface area (Å²) in [5.74, 6) is -0.493. The fraction of sp³-hybridized carbons (Fsp3) is 0.400. The summed E-state index contributed by atoms with van der Waals surface area (Å²) >= 11 is 0. The molecule has 2 heterocycles. The molecule has 0 bridgehead atoms. The molecule has 0 saturated carbocycles. The Morgan fingerprint density at radius 1 is 1.06 bits per heavy atom. The van der Waals surface area contributed by atoms with Gasteiger partial charge in [-0.25, -0.2) is 8.42 Å². The second-order valence-electron chi connectivity index (χ2n) is 8.69. The van der Waals surface area contributed by atoms with Gasteiger partial charge in [-0.15, -0.1) is 0 Å². The van der Waals surface area contributed by atoms with Crippen LogP contribution in [0.4, 0.5) is 0 Å². The van der Waals surface area contributed by atoms with Gasteiger partial charge < -0.3 is 15.4 Å². The topological polar surface area (TPSA) is 135 Å². The highest BCUT2D eigenvalue weighted by molar-refractivity contribution is 7.89. The highest BCUT2D eigenvalue weighted by atomic mass is 32.2. The zero-order valence-corrected chi connectivity index (χ0v) is 20.1. The van der Waals surface area contributed by atoms with E-state index in [2.05, 4.69) is 10.6 Å². The van der Waals surface area contributed by atoms with Crippen molar-refractivity contribution in [3.63, 3.8) is 0 Å². The molecule has 0 aromatic heterocycles. The van der Waals surface area contributed by atoms with Gasteiger partial charge >= 0.3 is 0 Å². The third kappa shape index (κ3) is 5.53. The van der Waals surface area contributed by atoms with Crippen molar-refractivity contribution in [1.29, 1.82) is 10.5 Å². The van der Waals surface area contributed by atoms with Crippen molar-refractivity contribution in [3.05, 3.63) is 54.1 Å². The molecule has 0 spiro atoms. The first-order valence-corrected chi connectivity index (χ1v) is 13.0. The Morgan fingerprint density at radius 2 is 1.69 bits per heavy atom. The molecule has 2 aliphatic heterocycles. The smallest absolute Gasteiger partial charge is 0.252 e. The lowest BCUT2D eigenvalue weighted by Gasteiger charge is -2.29. The minimum absolute atomic E-state index is 0.0131. The molecular formula is C25H27N5O4S. The molecule has 2 fully saturated rings. The minimum Gasteiger partial charge on any atom is -0.367 e. The van der Waals surface area contributed by atoms with Crippen molar-refractivity contribution in [2.24, 2.45) is 0 Å². The Bertz CT molecular complexity index is 1220. The van der Waals surface area contributed by atoms with E-state index in [1.165, 1.54) is 4.31 Å². The molecule has 35 heavy (non-hydrogen) atoms. The molecular weight excluding hydrogens is 466 g/mol. The first-order valence-electron chi connectivity index (χ1n) is 11.5. The number of rotatable bonds is 7. The summed E-state index contributed by atoms with van der Waals surface area (Å²) in [6.45, 7) is 2.62. The van der Waals surface area contributed by atoms with E-state index in [0.29, 0.717) is 31.8 Å². The van der Waals surface area contributed by atoms with E-state index in [0.717, 1.165) is 30.5 Å². The number of hydrogen-bond acceptors (Lipinski definition) is 7. The maximum atomic E-state index is 12.7. The molecule has 9 nitrogen and oxygen atoms in total. The Hall–Kier alpha value is -3.28. The van der Waals surface area contributed by atoms with Gasteiger partial charge in [0, 0.05) is 32.7 Å². The van der Waals surface area contributed by atoms with Crippen LogP contribution in [-0.4, -0.2) is 63.1 Å². The molecule has 2 aromatic rings. The monoisotopic (exact) mass is 493 g/mol. The van der Waals surface area contributed by atoms with E-state index >= 15 is 0 Å². The van der Waals surface area contributed by atoms with Gasteiger partial charge in [0.1, 0.15) is 18.2 Å². The summed E-state index contributed by atoms with van der Waals surface area (Å²) < 4.78 is 32.0. The van der Waals surface area contributed by atoms with Gasteiger partial charge in [0.15, 0.2) is 0 Å². The van der Waals surface area contributed by atoms with Crippen LogP contribution in [0.1, 0.15) is 18.4 Å². The van der Waals surface area contributed by atoms with Crippen molar-refractivity contribution in [3.8, 4) is 23.3 Å². The fourth-order valence-corrected chi connectivity index (χ4v) is 5.51. The molecule has 2 aromatic carbocycles. The summed E-state index contributed by atoms with van der Waals surface area (Å²) in [7, 11) is -3.43. The van der Waals surface area contributed by atoms with Gasteiger partial charge in [-0.05, 0) is 48.2 Å². The predicted molar refractivity (Wildman–Crippen MR) is 128 cm³/mol. The summed E-state index contributed by atoms with van der Waals surface area (Å²) in [4.78, 5) is 12.9. The Kier molecular flexibility index (Phi) is 7.48.